The molecule has 0 saturated carbocycles. The largest absolute Gasteiger partial charge is 0.461 e. The van der Waals surface area contributed by atoms with Crippen molar-refractivity contribution in [3.05, 3.63) is 46.7 Å². The van der Waals surface area contributed by atoms with E-state index < -0.39 is 0 Å². The molecule has 1 heterocycles. The lowest BCUT2D eigenvalue weighted by atomic mass is 9.94. The maximum Gasteiger partial charge on any atom is 0.134 e. The normalized spacial score (nSPS) is 11.8. The van der Waals surface area contributed by atoms with Crippen LogP contribution in [0.3, 0.4) is 0 Å². The van der Waals surface area contributed by atoms with Gasteiger partial charge in [0.25, 0.3) is 0 Å². The second-order valence-corrected chi connectivity index (χ2v) is 5.81. The van der Waals surface area contributed by atoms with E-state index in [9.17, 15) is 0 Å². The van der Waals surface area contributed by atoms with Gasteiger partial charge in [0.2, 0.25) is 0 Å². The van der Waals surface area contributed by atoms with Gasteiger partial charge >= 0.3 is 0 Å². The maximum atomic E-state index is 5.95. The van der Waals surface area contributed by atoms with Crippen molar-refractivity contribution in [1.82, 2.24) is 0 Å². The molecule has 1 aromatic carbocycles. The Kier molecular flexibility index (Phi) is 3.05. The summed E-state index contributed by atoms with van der Waals surface area (Å²) < 4.78 is 5.91. The number of aryl methyl sites for hydroxylation is 1. The minimum Gasteiger partial charge on any atom is -0.461 e. The number of benzene rings is 1. The van der Waals surface area contributed by atoms with E-state index in [1.54, 1.807) is 0 Å². The highest BCUT2D eigenvalue weighted by Crippen LogP contribution is 2.31. The molecular formula is C15H17ClO. The fraction of sp³-hybridized carbons (Fsp3) is 0.333. The summed E-state index contributed by atoms with van der Waals surface area (Å²) in [6.07, 6.45) is 0. The Bertz CT molecular complexity index is 532. The first kappa shape index (κ1) is 12.3. The number of hydrogen-bond donors (Lipinski definition) is 0. The van der Waals surface area contributed by atoms with E-state index in [4.69, 9.17) is 16.0 Å². The molecule has 0 radical (unpaired) electrons. The Morgan fingerprint density at radius 1 is 1.06 bits per heavy atom. The van der Waals surface area contributed by atoms with Crippen LogP contribution in [0.1, 0.15) is 32.1 Å². The van der Waals surface area contributed by atoms with E-state index in [1.165, 1.54) is 0 Å². The van der Waals surface area contributed by atoms with Crippen molar-refractivity contribution in [2.75, 3.05) is 0 Å². The zero-order chi connectivity index (χ0) is 12.6. The van der Waals surface area contributed by atoms with Crippen molar-refractivity contribution >= 4 is 11.6 Å². The Balaban J connectivity index is 2.44. The third-order valence-corrected chi connectivity index (χ3v) is 3.03. The van der Waals surface area contributed by atoms with Crippen LogP contribution in [0, 0.1) is 6.92 Å². The van der Waals surface area contributed by atoms with E-state index in [1.807, 2.05) is 37.3 Å². The third kappa shape index (κ3) is 2.55. The molecule has 1 nitrogen and oxygen atoms in total. The first-order valence-corrected chi connectivity index (χ1v) is 6.12. The Morgan fingerprint density at radius 2 is 1.76 bits per heavy atom. The molecule has 0 fully saturated rings. The summed E-state index contributed by atoms with van der Waals surface area (Å²) in [5.41, 5.74) is 2.27. The second kappa shape index (κ2) is 4.23. The highest BCUT2D eigenvalue weighted by atomic mass is 35.5. The van der Waals surface area contributed by atoms with Gasteiger partial charge in [0.15, 0.2) is 0 Å². The van der Waals surface area contributed by atoms with E-state index in [2.05, 4.69) is 20.8 Å². The molecule has 0 atom stereocenters. The van der Waals surface area contributed by atoms with Crippen LogP contribution in [-0.2, 0) is 5.41 Å². The van der Waals surface area contributed by atoms with Crippen LogP contribution in [0.25, 0.3) is 11.3 Å². The average molecular weight is 249 g/mol. The minimum absolute atomic E-state index is 0.0403. The molecule has 0 bridgehead atoms. The van der Waals surface area contributed by atoms with Crippen LogP contribution in [-0.4, -0.2) is 0 Å². The van der Waals surface area contributed by atoms with Crippen molar-refractivity contribution in [3.63, 3.8) is 0 Å². The predicted octanol–water partition coefficient (Wildman–Crippen LogP) is 5.21. The smallest absolute Gasteiger partial charge is 0.134 e. The van der Waals surface area contributed by atoms with Crippen molar-refractivity contribution in [2.45, 2.75) is 33.1 Å². The summed E-state index contributed by atoms with van der Waals surface area (Å²) in [6, 6.07) is 9.92. The van der Waals surface area contributed by atoms with E-state index >= 15 is 0 Å². The van der Waals surface area contributed by atoms with Crippen molar-refractivity contribution in [1.29, 1.82) is 0 Å². The van der Waals surface area contributed by atoms with Gasteiger partial charge in [-0.25, -0.2) is 0 Å². The van der Waals surface area contributed by atoms with E-state index in [-0.39, 0.29) is 5.41 Å². The molecule has 0 amide bonds. The molecule has 0 spiro atoms. The molecule has 2 rings (SSSR count). The van der Waals surface area contributed by atoms with Gasteiger partial charge in [-0.05, 0) is 42.8 Å². The summed E-state index contributed by atoms with van der Waals surface area (Å²) >= 11 is 5.95. The van der Waals surface area contributed by atoms with Gasteiger partial charge < -0.3 is 4.42 Å². The van der Waals surface area contributed by atoms with Crippen LogP contribution in [0.2, 0.25) is 5.02 Å². The number of hydrogen-bond acceptors (Lipinski definition) is 1. The summed E-state index contributed by atoms with van der Waals surface area (Å²) in [4.78, 5) is 0. The average Bonchev–Trinajstić information content (AvgIpc) is 2.65. The lowest BCUT2D eigenvalue weighted by molar-refractivity contribution is 0.417. The Morgan fingerprint density at radius 3 is 2.29 bits per heavy atom. The molecule has 17 heavy (non-hydrogen) atoms. The van der Waals surface area contributed by atoms with E-state index in [0.29, 0.717) is 0 Å². The summed E-state index contributed by atoms with van der Waals surface area (Å²) in [7, 11) is 0. The highest BCUT2D eigenvalue weighted by Gasteiger charge is 2.18. The zero-order valence-corrected chi connectivity index (χ0v) is 11.4. The lowest BCUT2D eigenvalue weighted by Crippen LogP contribution is -2.08. The van der Waals surface area contributed by atoms with Gasteiger partial charge in [-0.2, -0.15) is 0 Å². The quantitative estimate of drug-likeness (QED) is 0.676. The Labute approximate surface area is 107 Å². The number of rotatable bonds is 1. The zero-order valence-electron chi connectivity index (χ0n) is 10.7. The third-order valence-electron chi connectivity index (χ3n) is 2.80. The van der Waals surface area contributed by atoms with Crippen LogP contribution in [0.5, 0.6) is 0 Å². The predicted molar refractivity (Wildman–Crippen MR) is 72.6 cm³/mol. The van der Waals surface area contributed by atoms with Gasteiger partial charge in [0.1, 0.15) is 11.5 Å². The molecule has 0 aliphatic heterocycles. The maximum absolute atomic E-state index is 5.95. The summed E-state index contributed by atoms with van der Waals surface area (Å²) in [6.45, 7) is 8.47. The summed E-state index contributed by atoms with van der Waals surface area (Å²) in [5, 5.41) is 0.758. The van der Waals surface area contributed by atoms with Crippen molar-refractivity contribution < 1.29 is 4.42 Å². The fourth-order valence-electron chi connectivity index (χ4n) is 1.79. The second-order valence-electron chi connectivity index (χ2n) is 5.37. The van der Waals surface area contributed by atoms with Gasteiger partial charge in [0.05, 0.1) is 0 Å². The molecule has 0 N–H and O–H groups in total. The molecule has 0 aliphatic rings. The molecule has 0 aliphatic carbocycles. The van der Waals surface area contributed by atoms with Crippen LogP contribution >= 0.6 is 11.6 Å². The van der Waals surface area contributed by atoms with Gasteiger partial charge in [-0.1, -0.05) is 32.4 Å². The minimum atomic E-state index is 0.0403. The molecule has 2 aromatic rings. The lowest BCUT2D eigenvalue weighted by Gasteiger charge is -2.14. The Hall–Kier alpha value is -1.21. The molecule has 1 aromatic heterocycles. The highest BCUT2D eigenvalue weighted by molar-refractivity contribution is 6.30. The monoisotopic (exact) mass is 248 g/mol. The van der Waals surface area contributed by atoms with Gasteiger partial charge in [-0.3, -0.25) is 0 Å². The number of halogens is 1. The number of furan rings is 1. The molecular weight excluding hydrogens is 232 g/mol. The molecule has 0 unspecified atom stereocenters. The van der Waals surface area contributed by atoms with E-state index in [0.717, 1.165) is 27.7 Å². The first-order valence-electron chi connectivity index (χ1n) is 5.75. The standard InChI is InChI=1S/C15H17ClO/c1-10-9-11(16)5-6-12(10)13-7-8-14(17-13)15(2,3)4/h5-9H,1-4H3. The fourth-order valence-corrected chi connectivity index (χ4v) is 2.02. The van der Waals surface area contributed by atoms with Gasteiger partial charge in [-0.15, -0.1) is 0 Å². The molecule has 90 valence electrons. The van der Waals surface area contributed by atoms with Crippen LogP contribution < -0.4 is 0 Å². The van der Waals surface area contributed by atoms with Gasteiger partial charge in [0, 0.05) is 16.0 Å². The van der Waals surface area contributed by atoms with Crippen molar-refractivity contribution in [3.8, 4) is 11.3 Å². The topological polar surface area (TPSA) is 13.1 Å². The van der Waals surface area contributed by atoms with Crippen molar-refractivity contribution in [2.24, 2.45) is 0 Å². The van der Waals surface area contributed by atoms with Crippen LogP contribution in [0.15, 0.2) is 34.7 Å². The SMILES string of the molecule is Cc1cc(Cl)ccc1-c1ccc(C(C)(C)C)o1. The molecule has 0 saturated heterocycles. The summed E-state index contributed by atoms with van der Waals surface area (Å²) in [5.74, 6) is 1.91. The first-order chi connectivity index (χ1) is 7.88. The molecule has 2 heteroatoms. The van der Waals surface area contributed by atoms with Crippen LogP contribution in [0.4, 0.5) is 0 Å².